The summed E-state index contributed by atoms with van der Waals surface area (Å²) in [6, 6.07) is 0. The Hall–Kier alpha value is -0.940. The van der Waals surface area contributed by atoms with Crippen molar-refractivity contribution in [3.05, 3.63) is 16.1 Å². The zero-order valence-electron chi connectivity index (χ0n) is 10.2. The lowest BCUT2D eigenvalue weighted by Crippen LogP contribution is -2.35. The molecule has 0 unspecified atom stereocenters. The van der Waals surface area contributed by atoms with Crippen molar-refractivity contribution in [2.24, 2.45) is 0 Å². The topological polar surface area (TPSA) is 45.2 Å². The Morgan fingerprint density at radius 3 is 3.18 bits per heavy atom. The molecule has 1 amide bonds. The summed E-state index contributed by atoms with van der Waals surface area (Å²) < 4.78 is 0. The van der Waals surface area contributed by atoms with Gasteiger partial charge >= 0.3 is 0 Å². The fourth-order valence-electron chi connectivity index (χ4n) is 1.95. The largest absolute Gasteiger partial charge is 0.341 e. The number of hydrogen-bond donors (Lipinski definition) is 1. The zero-order valence-corrected chi connectivity index (χ0v) is 11.1. The van der Waals surface area contributed by atoms with E-state index in [0.29, 0.717) is 6.42 Å². The van der Waals surface area contributed by atoms with E-state index in [0.717, 1.165) is 49.7 Å². The molecule has 1 saturated heterocycles. The Balaban J connectivity index is 1.90. The summed E-state index contributed by atoms with van der Waals surface area (Å²) in [4.78, 5) is 18.5. The zero-order chi connectivity index (χ0) is 12.1. The van der Waals surface area contributed by atoms with Crippen LogP contribution in [0.3, 0.4) is 0 Å². The second-order valence-corrected chi connectivity index (χ2v) is 5.19. The van der Waals surface area contributed by atoms with Crippen LogP contribution in [-0.2, 0) is 17.6 Å². The van der Waals surface area contributed by atoms with Crippen LogP contribution in [0, 0.1) is 0 Å². The molecule has 0 radical (unpaired) electrons. The molecule has 94 valence electrons. The van der Waals surface area contributed by atoms with E-state index in [2.05, 4.69) is 17.2 Å². The van der Waals surface area contributed by atoms with E-state index >= 15 is 0 Å². The van der Waals surface area contributed by atoms with Crippen LogP contribution in [0.4, 0.5) is 0 Å². The average molecular weight is 253 g/mol. The molecular formula is C12H19N3OS. The van der Waals surface area contributed by atoms with E-state index in [9.17, 15) is 4.79 Å². The van der Waals surface area contributed by atoms with Gasteiger partial charge in [0.2, 0.25) is 5.91 Å². The van der Waals surface area contributed by atoms with E-state index in [1.165, 1.54) is 0 Å². The molecule has 1 N–H and O–H groups in total. The predicted octanol–water partition coefficient (Wildman–Crippen LogP) is 1.07. The minimum atomic E-state index is 0.210. The van der Waals surface area contributed by atoms with Crippen molar-refractivity contribution in [2.75, 3.05) is 26.2 Å². The number of thiazole rings is 1. The lowest BCUT2D eigenvalue weighted by molar-refractivity contribution is -0.130. The van der Waals surface area contributed by atoms with Gasteiger partial charge in [-0.1, -0.05) is 6.92 Å². The van der Waals surface area contributed by atoms with Gasteiger partial charge in [-0.2, -0.15) is 0 Å². The summed E-state index contributed by atoms with van der Waals surface area (Å²) in [5.74, 6) is 0.210. The van der Waals surface area contributed by atoms with Crippen LogP contribution in [0.2, 0.25) is 0 Å². The molecule has 2 rings (SSSR count). The van der Waals surface area contributed by atoms with Crippen LogP contribution in [0.1, 0.15) is 24.0 Å². The number of carbonyl (C=O) groups is 1. The van der Waals surface area contributed by atoms with E-state index < -0.39 is 0 Å². The Morgan fingerprint density at radius 1 is 1.53 bits per heavy atom. The van der Waals surface area contributed by atoms with Crippen LogP contribution >= 0.6 is 11.3 Å². The number of hydrogen-bond acceptors (Lipinski definition) is 4. The molecular weight excluding hydrogens is 234 g/mol. The standard InChI is InChI=1S/C12H19N3OS/c1-2-11-14-10(9-17-11)8-12(16)15-6-3-4-13-5-7-15/h9,13H,2-8H2,1H3. The minimum Gasteiger partial charge on any atom is -0.341 e. The van der Waals surface area contributed by atoms with Crippen molar-refractivity contribution >= 4 is 17.2 Å². The lowest BCUT2D eigenvalue weighted by Gasteiger charge is -2.19. The summed E-state index contributed by atoms with van der Waals surface area (Å²) in [5, 5.41) is 6.42. The average Bonchev–Trinajstić information content (AvgIpc) is 2.62. The first-order chi connectivity index (χ1) is 8.29. The van der Waals surface area contributed by atoms with Gasteiger partial charge in [0.05, 0.1) is 17.1 Å². The number of nitrogens with zero attached hydrogens (tertiary/aromatic N) is 2. The molecule has 0 aliphatic carbocycles. The summed E-state index contributed by atoms with van der Waals surface area (Å²) in [5.41, 5.74) is 0.925. The van der Waals surface area contributed by atoms with Gasteiger partial charge in [-0.15, -0.1) is 11.3 Å². The fraction of sp³-hybridized carbons (Fsp3) is 0.667. The van der Waals surface area contributed by atoms with Gasteiger partial charge in [0.25, 0.3) is 0 Å². The van der Waals surface area contributed by atoms with Crippen molar-refractivity contribution < 1.29 is 4.79 Å². The van der Waals surface area contributed by atoms with E-state index in [1.54, 1.807) is 11.3 Å². The number of nitrogens with one attached hydrogen (secondary N) is 1. The molecule has 0 aromatic carbocycles. The number of carbonyl (C=O) groups excluding carboxylic acids is 1. The Kier molecular flexibility index (Phi) is 4.50. The van der Waals surface area contributed by atoms with Crippen LogP contribution in [0.15, 0.2) is 5.38 Å². The fourth-order valence-corrected chi connectivity index (χ4v) is 2.70. The van der Waals surface area contributed by atoms with Crippen LogP contribution < -0.4 is 5.32 Å². The van der Waals surface area contributed by atoms with Crippen molar-refractivity contribution in [2.45, 2.75) is 26.2 Å². The first kappa shape index (κ1) is 12.5. The van der Waals surface area contributed by atoms with Crippen molar-refractivity contribution in [1.29, 1.82) is 0 Å². The van der Waals surface area contributed by atoms with Gasteiger partial charge in [-0.25, -0.2) is 4.98 Å². The first-order valence-corrected chi connectivity index (χ1v) is 7.09. The molecule has 4 nitrogen and oxygen atoms in total. The molecule has 1 fully saturated rings. The maximum atomic E-state index is 12.1. The SMILES string of the molecule is CCc1nc(CC(=O)N2CCCNCC2)cs1. The van der Waals surface area contributed by atoms with Gasteiger partial charge in [0, 0.05) is 25.0 Å². The highest BCUT2D eigenvalue weighted by Crippen LogP contribution is 2.11. The molecule has 1 aliphatic heterocycles. The molecule has 0 atom stereocenters. The molecule has 2 heterocycles. The summed E-state index contributed by atoms with van der Waals surface area (Å²) in [6.07, 6.45) is 2.45. The second-order valence-electron chi connectivity index (χ2n) is 4.25. The first-order valence-electron chi connectivity index (χ1n) is 6.21. The monoisotopic (exact) mass is 253 g/mol. The highest BCUT2D eigenvalue weighted by Gasteiger charge is 2.16. The molecule has 1 aromatic heterocycles. The van der Waals surface area contributed by atoms with E-state index in [1.807, 2.05) is 10.3 Å². The number of aromatic nitrogens is 1. The normalized spacial score (nSPS) is 16.9. The smallest absolute Gasteiger partial charge is 0.228 e. The van der Waals surface area contributed by atoms with Gasteiger partial charge < -0.3 is 10.2 Å². The summed E-state index contributed by atoms with van der Waals surface area (Å²) in [7, 11) is 0. The molecule has 17 heavy (non-hydrogen) atoms. The molecule has 1 aliphatic rings. The molecule has 0 saturated carbocycles. The van der Waals surface area contributed by atoms with Crippen LogP contribution in [-0.4, -0.2) is 42.0 Å². The van der Waals surface area contributed by atoms with Crippen molar-refractivity contribution in [1.82, 2.24) is 15.2 Å². The molecule has 5 heteroatoms. The summed E-state index contributed by atoms with van der Waals surface area (Å²) in [6.45, 7) is 5.70. The highest BCUT2D eigenvalue weighted by atomic mass is 32.1. The number of aryl methyl sites for hydroxylation is 1. The third-order valence-electron chi connectivity index (χ3n) is 2.93. The van der Waals surface area contributed by atoms with Crippen molar-refractivity contribution in [3.63, 3.8) is 0 Å². The molecule has 0 bridgehead atoms. The maximum Gasteiger partial charge on any atom is 0.228 e. The second kappa shape index (κ2) is 6.12. The van der Waals surface area contributed by atoms with E-state index in [4.69, 9.17) is 0 Å². The summed E-state index contributed by atoms with van der Waals surface area (Å²) >= 11 is 1.65. The van der Waals surface area contributed by atoms with Gasteiger partial charge in [-0.05, 0) is 19.4 Å². The quantitative estimate of drug-likeness (QED) is 0.876. The van der Waals surface area contributed by atoms with Gasteiger partial charge in [0.1, 0.15) is 0 Å². The maximum absolute atomic E-state index is 12.1. The third-order valence-corrected chi connectivity index (χ3v) is 3.97. The molecule has 1 aromatic rings. The van der Waals surface area contributed by atoms with Crippen LogP contribution in [0.25, 0.3) is 0 Å². The van der Waals surface area contributed by atoms with Crippen molar-refractivity contribution in [3.8, 4) is 0 Å². The van der Waals surface area contributed by atoms with Crippen LogP contribution in [0.5, 0.6) is 0 Å². The Bertz CT molecular complexity index is 370. The Labute approximate surface area is 106 Å². The van der Waals surface area contributed by atoms with E-state index in [-0.39, 0.29) is 5.91 Å². The Morgan fingerprint density at radius 2 is 2.41 bits per heavy atom. The third kappa shape index (κ3) is 3.51. The lowest BCUT2D eigenvalue weighted by atomic mass is 10.3. The highest BCUT2D eigenvalue weighted by molar-refractivity contribution is 7.09. The minimum absolute atomic E-state index is 0.210. The molecule has 0 spiro atoms. The predicted molar refractivity (Wildman–Crippen MR) is 69.3 cm³/mol. The van der Waals surface area contributed by atoms with Gasteiger partial charge in [0.15, 0.2) is 0 Å². The number of rotatable bonds is 3. The van der Waals surface area contributed by atoms with Gasteiger partial charge in [-0.3, -0.25) is 4.79 Å². The number of amides is 1.